The van der Waals surface area contributed by atoms with E-state index < -0.39 is 0 Å². The molecule has 0 aliphatic heterocycles. The molecule has 1 aliphatic carbocycles. The summed E-state index contributed by atoms with van der Waals surface area (Å²) >= 11 is 0. The van der Waals surface area contributed by atoms with Gasteiger partial charge in [-0.25, -0.2) is 0 Å². The van der Waals surface area contributed by atoms with Crippen LogP contribution in [0.1, 0.15) is 29.9 Å². The quantitative estimate of drug-likeness (QED) is 0.769. The number of hydrogen-bond donors (Lipinski definition) is 1. The first-order valence-electron chi connectivity index (χ1n) is 6.01. The summed E-state index contributed by atoms with van der Waals surface area (Å²) in [6.07, 6.45) is 3.49. The van der Waals surface area contributed by atoms with Crippen molar-refractivity contribution in [1.29, 1.82) is 0 Å². The van der Waals surface area contributed by atoms with Gasteiger partial charge in [0.05, 0.1) is 0 Å². The minimum atomic E-state index is 0.279. The van der Waals surface area contributed by atoms with E-state index in [0.717, 1.165) is 12.8 Å². The van der Waals surface area contributed by atoms with Gasteiger partial charge in [0.25, 0.3) is 0 Å². The van der Waals surface area contributed by atoms with Crippen LogP contribution >= 0.6 is 0 Å². The van der Waals surface area contributed by atoms with Gasteiger partial charge in [-0.1, -0.05) is 36.4 Å². The summed E-state index contributed by atoms with van der Waals surface area (Å²) in [5, 5.41) is 12.1. The fourth-order valence-corrected chi connectivity index (χ4v) is 2.91. The molecular weight excluding hydrogens is 196 g/mol. The Kier molecular flexibility index (Phi) is 2.41. The Morgan fingerprint density at radius 2 is 2.00 bits per heavy atom. The van der Waals surface area contributed by atoms with Gasteiger partial charge in [0, 0.05) is 12.5 Å². The van der Waals surface area contributed by atoms with Gasteiger partial charge < -0.3 is 5.11 Å². The van der Waals surface area contributed by atoms with E-state index in [1.165, 1.54) is 28.3 Å². The molecule has 0 saturated carbocycles. The predicted molar refractivity (Wildman–Crippen MR) is 66.7 cm³/mol. The molecule has 0 unspecified atom stereocenters. The lowest BCUT2D eigenvalue weighted by Crippen LogP contribution is -2.13. The van der Waals surface area contributed by atoms with Gasteiger partial charge >= 0.3 is 0 Å². The van der Waals surface area contributed by atoms with Crippen molar-refractivity contribution in [3.8, 4) is 0 Å². The minimum Gasteiger partial charge on any atom is -0.396 e. The van der Waals surface area contributed by atoms with Crippen LogP contribution in [0.3, 0.4) is 0 Å². The Labute approximate surface area is 95.7 Å². The van der Waals surface area contributed by atoms with Crippen molar-refractivity contribution in [1.82, 2.24) is 0 Å². The number of hydrogen-bond acceptors (Lipinski definition) is 1. The number of benzene rings is 2. The van der Waals surface area contributed by atoms with E-state index in [-0.39, 0.29) is 6.61 Å². The molecule has 0 fully saturated rings. The molecule has 2 aromatic carbocycles. The smallest absolute Gasteiger partial charge is 0.0500 e. The SMILES string of the molecule is OC[C@@H]1CCCc2ccc3ccccc3c21. The highest BCUT2D eigenvalue weighted by Crippen LogP contribution is 2.36. The molecule has 0 saturated heterocycles. The highest BCUT2D eigenvalue weighted by Gasteiger charge is 2.21. The highest BCUT2D eigenvalue weighted by atomic mass is 16.3. The first kappa shape index (κ1) is 9.86. The molecule has 0 amide bonds. The third-order valence-electron chi connectivity index (χ3n) is 3.69. The number of rotatable bonds is 1. The Morgan fingerprint density at radius 1 is 1.12 bits per heavy atom. The van der Waals surface area contributed by atoms with Crippen molar-refractivity contribution in [2.45, 2.75) is 25.2 Å². The Balaban J connectivity index is 2.30. The molecule has 3 rings (SSSR count). The molecule has 1 N–H and O–H groups in total. The zero-order valence-corrected chi connectivity index (χ0v) is 9.32. The minimum absolute atomic E-state index is 0.279. The zero-order valence-electron chi connectivity index (χ0n) is 9.32. The topological polar surface area (TPSA) is 20.2 Å². The van der Waals surface area contributed by atoms with E-state index in [1.54, 1.807) is 0 Å². The number of aliphatic hydroxyl groups excluding tert-OH is 1. The van der Waals surface area contributed by atoms with Crippen molar-refractivity contribution in [2.24, 2.45) is 0 Å². The third-order valence-corrected chi connectivity index (χ3v) is 3.69. The van der Waals surface area contributed by atoms with Gasteiger partial charge in [0.15, 0.2) is 0 Å². The summed E-state index contributed by atoms with van der Waals surface area (Å²) in [6, 6.07) is 12.9. The van der Waals surface area contributed by atoms with Gasteiger partial charge in [-0.15, -0.1) is 0 Å². The first-order valence-corrected chi connectivity index (χ1v) is 6.01. The molecule has 1 atom stereocenters. The summed E-state index contributed by atoms with van der Waals surface area (Å²) in [6.45, 7) is 0.279. The fourth-order valence-electron chi connectivity index (χ4n) is 2.91. The van der Waals surface area contributed by atoms with Crippen LogP contribution in [-0.2, 0) is 6.42 Å². The molecule has 16 heavy (non-hydrogen) atoms. The Morgan fingerprint density at radius 3 is 2.88 bits per heavy atom. The second-order valence-corrected chi connectivity index (χ2v) is 4.63. The molecule has 2 aromatic rings. The van der Waals surface area contributed by atoms with E-state index in [9.17, 15) is 5.11 Å². The summed E-state index contributed by atoms with van der Waals surface area (Å²) in [5.41, 5.74) is 2.83. The first-order chi connectivity index (χ1) is 7.90. The Bertz CT molecular complexity index is 516. The van der Waals surface area contributed by atoms with E-state index in [1.807, 2.05) is 0 Å². The summed E-state index contributed by atoms with van der Waals surface area (Å²) in [7, 11) is 0. The van der Waals surface area contributed by atoms with Crippen molar-refractivity contribution in [3.63, 3.8) is 0 Å². The van der Waals surface area contributed by atoms with Gasteiger partial charge in [-0.3, -0.25) is 0 Å². The maximum absolute atomic E-state index is 9.50. The van der Waals surface area contributed by atoms with Crippen LogP contribution < -0.4 is 0 Å². The van der Waals surface area contributed by atoms with E-state index in [2.05, 4.69) is 36.4 Å². The molecule has 0 spiro atoms. The monoisotopic (exact) mass is 212 g/mol. The standard InChI is InChI=1S/C15H16O/c16-10-13-6-3-5-12-9-8-11-4-1-2-7-14(11)15(12)13/h1-2,4,7-9,13,16H,3,5-6,10H2/t13-/m0/s1. The number of aliphatic hydroxyl groups is 1. The van der Waals surface area contributed by atoms with Crippen LogP contribution in [-0.4, -0.2) is 11.7 Å². The summed E-state index contributed by atoms with van der Waals surface area (Å²) in [5.74, 6) is 0.342. The van der Waals surface area contributed by atoms with Crippen molar-refractivity contribution in [3.05, 3.63) is 47.5 Å². The van der Waals surface area contributed by atoms with Crippen LogP contribution in [0.4, 0.5) is 0 Å². The number of aryl methyl sites for hydroxylation is 1. The number of fused-ring (bicyclic) bond motifs is 3. The van der Waals surface area contributed by atoms with E-state index >= 15 is 0 Å². The lowest BCUT2D eigenvalue weighted by molar-refractivity contribution is 0.254. The molecule has 0 radical (unpaired) electrons. The average Bonchev–Trinajstić information content (AvgIpc) is 2.37. The second kappa shape index (κ2) is 3.91. The average molecular weight is 212 g/mol. The van der Waals surface area contributed by atoms with Crippen LogP contribution in [0.25, 0.3) is 10.8 Å². The van der Waals surface area contributed by atoms with Gasteiger partial charge in [0.1, 0.15) is 0 Å². The summed E-state index contributed by atoms with van der Waals surface area (Å²) in [4.78, 5) is 0. The third kappa shape index (κ3) is 1.43. The van der Waals surface area contributed by atoms with Gasteiger partial charge in [0.2, 0.25) is 0 Å². The van der Waals surface area contributed by atoms with Crippen molar-refractivity contribution < 1.29 is 5.11 Å². The van der Waals surface area contributed by atoms with Gasteiger partial charge in [-0.2, -0.15) is 0 Å². The normalized spacial score (nSPS) is 19.7. The van der Waals surface area contributed by atoms with E-state index in [0.29, 0.717) is 5.92 Å². The predicted octanol–water partition coefficient (Wildman–Crippen LogP) is 3.25. The largest absolute Gasteiger partial charge is 0.396 e. The van der Waals surface area contributed by atoms with Gasteiger partial charge in [-0.05, 0) is 41.2 Å². The maximum Gasteiger partial charge on any atom is 0.0500 e. The van der Waals surface area contributed by atoms with Crippen LogP contribution in [0, 0.1) is 0 Å². The van der Waals surface area contributed by atoms with E-state index in [4.69, 9.17) is 0 Å². The lowest BCUT2D eigenvalue weighted by atomic mass is 9.80. The maximum atomic E-state index is 9.50. The molecule has 1 nitrogen and oxygen atoms in total. The Hall–Kier alpha value is -1.34. The fraction of sp³-hybridized carbons (Fsp3) is 0.333. The molecule has 1 aliphatic rings. The zero-order chi connectivity index (χ0) is 11.0. The summed E-state index contributed by atoms with van der Waals surface area (Å²) < 4.78 is 0. The van der Waals surface area contributed by atoms with Crippen molar-refractivity contribution >= 4 is 10.8 Å². The van der Waals surface area contributed by atoms with Crippen LogP contribution in [0.5, 0.6) is 0 Å². The molecule has 0 bridgehead atoms. The van der Waals surface area contributed by atoms with Crippen LogP contribution in [0.2, 0.25) is 0 Å². The molecule has 0 aromatic heterocycles. The molecule has 82 valence electrons. The van der Waals surface area contributed by atoms with Crippen LogP contribution in [0.15, 0.2) is 36.4 Å². The van der Waals surface area contributed by atoms with Crippen molar-refractivity contribution in [2.75, 3.05) is 6.61 Å². The second-order valence-electron chi connectivity index (χ2n) is 4.63. The molecular formula is C15H16O. The molecule has 0 heterocycles. The lowest BCUT2D eigenvalue weighted by Gasteiger charge is -2.25. The molecule has 1 heteroatoms. The highest BCUT2D eigenvalue weighted by molar-refractivity contribution is 5.87.